The van der Waals surface area contributed by atoms with Crippen molar-refractivity contribution in [2.45, 2.75) is 44.2 Å². The van der Waals surface area contributed by atoms with Gasteiger partial charge in [-0.2, -0.15) is 0 Å². The number of nitrogens with zero attached hydrogens (tertiary/aromatic N) is 1. The summed E-state index contributed by atoms with van der Waals surface area (Å²) in [7, 11) is 0. The smallest absolute Gasteiger partial charge is 0.329 e. The highest BCUT2D eigenvalue weighted by molar-refractivity contribution is 5.86. The SMILES string of the molecule is CC1(O)CCN(C(=O)NC(C)(C(=O)O)C2CC2)C1. The molecule has 0 radical (unpaired) electrons. The molecule has 2 atom stereocenters. The van der Waals surface area contributed by atoms with Gasteiger partial charge in [0.1, 0.15) is 5.54 Å². The summed E-state index contributed by atoms with van der Waals surface area (Å²) in [6.45, 7) is 3.94. The Morgan fingerprint density at radius 1 is 1.44 bits per heavy atom. The van der Waals surface area contributed by atoms with Crippen LogP contribution in [0.4, 0.5) is 4.79 Å². The first kappa shape index (κ1) is 13.1. The maximum Gasteiger partial charge on any atom is 0.329 e. The van der Waals surface area contributed by atoms with E-state index in [1.54, 1.807) is 13.8 Å². The number of carboxylic acids is 1. The van der Waals surface area contributed by atoms with E-state index in [4.69, 9.17) is 0 Å². The average Bonchev–Trinajstić information content (AvgIpc) is 3.03. The van der Waals surface area contributed by atoms with E-state index in [-0.39, 0.29) is 12.5 Å². The summed E-state index contributed by atoms with van der Waals surface area (Å²) in [5, 5.41) is 21.7. The molecule has 6 nitrogen and oxygen atoms in total. The molecule has 2 rings (SSSR count). The Bertz CT molecular complexity index is 378. The van der Waals surface area contributed by atoms with Crippen LogP contribution < -0.4 is 5.32 Å². The van der Waals surface area contributed by atoms with Gasteiger partial charge in [-0.05, 0) is 39.0 Å². The minimum absolute atomic E-state index is 0.0158. The second kappa shape index (κ2) is 4.12. The number of amides is 2. The molecule has 2 amide bonds. The van der Waals surface area contributed by atoms with Crippen LogP contribution in [0.3, 0.4) is 0 Å². The summed E-state index contributed by atoms with van der Waals surface area (Å²) in [6.07, 6.45) is 2.19. The summed E-state index contributed by atoms with van der Waals surface area (Å²) in [4.78, 5) is 24.8. The maximum absolute atomic E-state index is 12.0. The predicted octanol–water partition coefficient (Wildman–Crippen LogP) is 0.406. The lowest BCUT2D eigenvalue weighted by Gasteiger charge is -2.29. The van der Waals surface area contributed by atoms with Gasteiger partial charge in [0.15, 0.2) is 0 Å². The summed E-state index contributed by atoms with van der Waals surface area (Å²) in [5.74, 6) is -0.980. The molecule has 2 unspecified atom stereocenters. The van der Waals surface area contributed by atoms with E-state index in [1.807, 2.05) is 0 Å². The molecule has 0 spiro atoms. The van der Waals surface area contributed by atoms with Gasteiger partial charge in [0, 0.05) is 6.54 Å². The zero-order valence-corrected chi connectivity index (χ0v) is 10.8. The Balaban J connectivity index is 2.00. The largest absolute Gasteiger partial charge is 0.480 e. The first-order valence-corrected chi connectivity index (χ1v) is 6.27. The topological polar surface area (TPSA) is 89.9 Å². The number of β-amino-alcohol motifs (C(OH)–C–C–N with tert-alkyl or cyclic N) is 1. The van der Waals surface area contributed by atoms with Gasteiger partial charge in [0.25, 0.3) is 0 Å². The highest BCUT2D eigenvalue weighted by Crippen LogP contribution is 2.40. The number of hydrogen-bond donors (Lipinski definition) is 3. The monoisotopic (exact) mass is 256 g/mol. The Hall–Kier alpha value is -1.30. The van der Waals surface area contributed by atoms with Gasteiger partial charge in [0.2, 0.25) is 0 Å². The predicted molar refractivity (Wildman–Crippen MR) is 64.1 cm³/mol. The highest BCUT2D eigenvalue weighted by atomic mass is 16.4. The van der Waals surface area contributed by atoms with E-state index >= 15 is 0 Å². The van der Waals surface area contributed by atoms with Crippen LogP contribution in [0.5, 0.6) is 0 Å². The first-order chi connectivity index (χ1) is 8.24. The van der Waals surface area contributed by atoms with Crippen molar-refractivity contribution in [3.05, 3.63) is 0 Å². The van der Waals surface area contributed by atoms with E-state index in [0.717, 1.165) is 12.8 Å². The van der Waals surface area contributed by atoms with Crippen LogP contribution in [-0.2, 0) is 4.79 Å². The van der Waals surface area contributed by atoms with Gasteiger partial charge in [-0.15, -0.1) is 0 Å². The zero-order chi connectivity index (χ0) is 13.6. The van der Waals surface area contributed by atoms with Gasteiger partial charge >= 0.3 is 12.0 Å². The number of rotatable bonds is 3. The van der Waals surface area contributed by atoms with Gasteiger partial charge in [-0.25, -0.2) is 9.59 Å². The molecular formula is C12H20N2O4. The first-order valence-electron chi connectivity index (χ1n) is 6.27. The molecule has 1 saturated carbocycles. The van der Waals surface area contributed by atoms with Crippen LogP contribution in [-0.4, -0.2) is 51.3 Å². The Morgan fingerprint density at radius 2 is 2.06 bits per heavy atom. The van der Waals surface area contributed by atoms with Crippen LogP contribution in [0.15, 0.2) is 0 Å². The fourth-order valence-electron chi connectivity index (χ4n) is 2.41. The highest BCUT2D eigenvalue weighted by Gasteiger charge is 2.49. The van der Waals surface area contributed by atoms with E-state index in [0.29, 0.717) is 13.0 Å². The minimum Gasteiger partial charge on any atom is -0.480 e. The summed E-state index contributed by atoms with van der Waals surface area (Å²) >= 11 is 0. The Labute approximate surface area is 106 Å². The third-order valence-electron chi connectivity index (χ3n) is 3.94. The number of aliphatic carboxylic acids is 1. The fourth-order valence-corrected chi connectivity index (χ4v) is 2.41. The number of carboxylic acid groups (broad SMARTS) is 1. The van der Waals surface area contributed by atoms with Crippen LogP contribution in [0.25, 0.3) is 0 Å². The normalized spacial score (nSPS) is 30.9. The minimum atomic E-state index is -1.19. The van der Waals surface area contributed by atoms with Crippen molar-refractivity contribution in [1.29, 1.82) is 0 Å². The lowest BCUT2D eigenvalue weighted by molar-refractivity contribution is -0.144. The number of aliphatic hydroxyl groups is 1. The van der Waals surface area contributed by atoms with Crippen LogP contribution in [0.2, 0.25) is 0 Å². The van der Waals surface area contributed by atoms with E-state index in [9.17, 15) is 19.8 Å². The average molecular weight is 256 g/mol. The number of carbonyl (C=O) groups is 2. The molecule has 2 fully saturated rings. The molecule has 1 saturated heterocycles. The zero-order valence-electron chi connectivity index (χ0n) is 10.8. The van der Waals surface area contributed by atoms with Crippen molar-refractivity contribution >= 4 is 12.0 Å². The van der Waals surface area contributed by atoms with E-state index in [1.165, 1.54) is 4.90 Å². The Kier molecular flexibility index (Phi) is 3.01. The molecule has 1 aliphatic heterocycles. The van der Waals surface area contributed by atoms with Crippen molar-refractivity contribution in [1.82, 2.24) is 10.2 Å². The molecule has 6 heteroatoms. The standard InChI is InChI=1S/C12H20N2O4/c1-11(18)5-6-14(7-11)10(17)13-12(2,9(15)16)8-3-4-8/h8,18H,3-7H2,1-2H3,(H,13,17)(H,15,16). The molecule has 18 heavy (non-hydrogen) atoms. The van der Waals surface area contributed by atoms with Gasteiger partial charge < -0.3 is 20.4 Å². The maximum atomic E-state index is 12.0. The molecule has 102 valence electrons. The van der Waals surface area contributed by atoms with Crippen molar-refractivity contribution in [3.8, 4) is 0 Å². The van der Waals surface area contributed by atoms with Crippen LogP contribution in [0.1, 0.15) is 33.1 Å². The number of nitrogens with one attached hydrogen (secondary N) is 1. The molecule has 1 heterocycles. The van der Waals surface area contributed by atoms with Crippen LogP contribution in [0, 0.1) is 5.92 Å². The number of carbonyl (C=O) groups excluding carboxylic acids is 1. The number of urea groups is 1. The second-order valence-corrected chi connectivity index (χ2v) is 5.88. The van der Waals surface area contributed by atoms with Crippen LogP contribution >= 0.6 is 0 Å². The van der Waals surface area contributed by atoms with Crippen molar-refractivity contribution in [2.75, 3.05) is 13.1 Å². The van der Waals surface area contributed by atoms with Gasteiger partial charge in [0.05, 0.1) is 12.1 Å². The van der Waals surface area contributed by atoms with Crippen molar-refractivity contribution in [2.24, 2.45) is 5.92 Å². The molecule has 0 aromatic rings. The van der Waals surface area contributed by atoms with E-state index < -0.39 is 23.1 Å². The lowest BCUT2D eigenvalue weighted by Crippen LogP contribution is -2.57. The number of hydrogen-bond acceptors (Lipinski definition) is 3. The lowest BCUT2D eigenvalue weighted by atomic mass is 9.96. The quantitative estimate of drug-likeness (QED) is 0.682. The molecule has 0 aromatic carbocycles. The third kappa shape index (κ3) is 2.43. The molecule has 1 aliphatic carbocycles. The van der Waals surface area contributed by atoms with Crippen molar-refractivity contribution < 1.29 is 19.8 Å². The molecule has 0 bridgehead atoms. The van der Waals surface area contributed by atoms with Gasteiger partial charge in [-0.3, -0.25) is 0 Å². The molecule has 2 aliphatic rings. The van der Waals surface area contributed by atoms with Gasteiger partial charge in [-0.1, -0.05) is 0 Å². The fraction of sp³-hybridized carbons (Fsp3) is 0.833. The molecular weight excluding hydrogens is 236 g/mol. The number of likely N-dealkylation sites (tertiary alicyclic amines) is 1. The molecule has 3 N–H and O–H groups in total. The second-order valence-electron chi connectivity index (χ2n) is 5.88. The summed E-state index contributed by atoms with van der Waals surface area (Å²) in [6, 6.07) is -0.399. The summed E-state index contributed by atoms with van der Waals surface area (Å²) < 4.78 is 0. The van der Waals surface area contributed by atoms with E-state index in [2.05, 4.69) is 5.32 Å². The summed E-state index contributed by atoms with van der Waals surface area (Å²) in [5.41, 5.74) is -2.05. The van der Waals surface area contributed by atoms with Crippen molar-refractivity contribution in [3.63, 3.8) is 0 Å². The molecule has 0 aromatic heterocycles. The Morgan fingerprint density at radius 3 is 2.44 bits per heavy atom. The third-order valence-corrected chi connectivity index (χ3v) is 3.94.